The summed E-state index contributed by atoms with van der Waals surface area (Å²) in [6.07, 6.45) is 0. The van der Waals surface area contributed by atoms with Crippen LogP contribution in [0.1, 0.15) is 29.8 Å². The van der Waals surface area contributed by atoms with Crippen molar-refractivity contribution in [2.24, 2.45) is 5.73 Å². The number of nitrogens with one attached hydrogen (secondary N) is 1. The van der Waals surface area contributed by atoms with E-state index in [-0.39, 0.29) is 0 Å². The van der Waals surface area contributed by atoms with Crippen LogP contribution in [0.2, 0.25) is 0 Å². The molecule has 0 aliphatic heterocycles. The molecule has 4 aromatic rings. The molecule has 0 radical (unpaired) electrons. The topological polar surface area (TPSA) is 88.2 Å². The molecular weight excluding hydrogens is 390 g/mol. The van der Waals surface area contributed by atoms with E-state index in [4.69, 9.17) is 5.73 Å². The van der Waals surface area contributed by atoms with Gasteiger partial charge in [-0.05, 0) is 54.6 Å². The predicted octanol–water partition coefficient (Wildman–Crippen LogP) is 5.09. The second-order valence-corrected chi connectivity index (χ2v) is 8.98. The van der Waals surface area contributed by atoms with E-state index >= 15 is 0 Å². The zero-order chi connectivity index (χ0) is 19.9. The number of hydrogen-bond donors (Lipinski definition) is 3. The minimum absolute atomic E-state index is 0.429. The van der Waals surface area contributed by atoms with Gasteiger partial charge in [0, 0.05) is 4.88 Å². The quantitative estimate of drug-likeness (QED) is 0.428. The second-order valence-electron chi connectivity index (χ2n) is 6.98. The third kappa shape index (κ3) is 3.64. The van der Waals surface area contributed by atoms with Crippen LogP contribution in [-0.2, 0) is 5.60 Å². The summed E-state index contributed by atoms with van der Waals surface area (Å²) in [5.41, 5.74) is 7.82. The first-order valence-corrected chi connectivity index (χ1v) is 10.4. The van der Waals surface area contributed by atoms with Gasteiger partial charge in [0.05, 0.1) is 21.4 Å². The highest BCUT2D eigenvalue weighted by Gasteiger charge is 2.18. The third-order valence-corrected chi connectivity index (χ3v) is 6.39. The van der Waals surface area contributed by atoms with Crippen molar-refractivity contribution in [1.82, 2.24) is 4.98 Å². The normalized spacial score (nSPS) is 11.7. The number of aliphatic hydroxyl groups is 1. The molecule has 7 heteroatoms. The maximum atomic E-state index is 12.0. The number of nitrogens with zero attached hydrogens (tertiary/aromatic N) is 1. The molecule has 0 atom stereocenters. The Balaban J connectivity index is 1.68. The van der Waals surface area contributed by atoms with Crippen LogP contribution in [0.4, 0.5) is 10.8 Å². The smallest absolute Gasteiger partial charge is 0.251 e. The van der Waals surface area contributed by atoms with Gasteiger partial charge in [0.1, 0.15) is 10.8 Å². The van der Waals surface area contributed by atoms with Crippen LogP contribution < -0.4 is 11.1 Å². The summed E-state index contributed by atoms with van der Waals surface area (Å²) in [5.74, 6) is 0.175. The lowest BCUT2D eigenvalue weighted by molar-refractivity contribution is 0.0786. The molecule has 0 spiro atoms. The van der Waals surface area contributed by atoms with Crippen LogP contribution in [0.25, 0.3) is 20.7 Å². The summed E-state index contributed by atoms with van der Waals surface area (Å²) in [7, 11) is 0. The van der Waals surface area contributed by atoms with Gasteiger partial charge < -0.3 is 16.2 Å². The van der Waals surface area contributed by atoms with Gasteiger partial charge in [0.15, 0.2) is 0 Å². The van der Waals surface area contributed by atoms with Gasteiger partial charge in [-0.15, -0.1) is 22.7 Å². The number of amides is 1. The zero-order valence-corrected chi connectivity index (χ0v) is 17.0. The summed E-state index contributed by atoms with van der Waals surface area (Å²) >= 11 is 3.08. The Morgan fingerprint density at radius 2 is 1.89 bits per heavy atom. The Morgan fingerprint density at radius 3 is 2.57 bits per heavy atom. The van der Waals surface area contributed by atoms with Crippen molar-refractivity contribution in [2.45, 2.75) is 19.4 Å². The monoisotopic (exact) mass is 409 g/mol. The highest BCUT2D eigenvalue weighted by atomic mass is 32.1. The molecule has 0 unspecified atom stereocenters. The van der Waals surface area contributed by atoms with Crippen molar-refractivity contribution < 1.29 is 9.90 Å². The first-order valence-electron chi connectivity index (χ1n) is 8.69. The number of anilines is 2. The molecule has 0 aliphatic carbocycles. The molecule has 4 N–H and O–H groups in total. The highest BCUT2D eigenvalue weighted by Crippen LogP contribution is 2.37. The minimum Gasteiger partial charge on any atom is -0.386 e. The van der Waals surface area contributed by atoms with Crippen molar-refractivity contribution in [3.05, 3.63) is 65.0 Å². The van der Waals surface area contributed by atoms with Crippen molar-refractivity contribution in [3.63, 3.8) is 0 Å². The van der Waals surface area contributed by atoms with E-state index in [1.54, 1.807) is 31.3 Å². The van der Waals surface area contributed by atoms with E-state index < -0.39 is 11.5 Å². The van der Waals surface area contributed by atoms with E-state index in [0.717, 1.165) is 26.2 Å². The molecule has 0 aliphatic rings. The number of benzene rings is 1. The van der Waals surface area contributed by atoms with Crippen molar-refractivity contribution >= 4 is 49.6 Å². The molecule has 3 heterocycles. The maximum absolute atomic E-state index is 12.0. The largest absolute Gasteiger partial charge is 0.386 e. The molecule has 142 valence electrons. The summed E-state index contributed by atoms with van der Waals surface area (Å²) in [6.45, 7) is 3.50. The maximum Gasteiger partial charge on any atom is 0.251 e. The molecule has 1 aromatic carbocycles. The fourth-order valence-corrected chi connectivity index (χ4v) is 4.69. The lowest BCUT2D eigenvalue weighted by Gasteiger charge is -2.17. The number of fused-ring (bicyclic) bond motifs is 1. The van der Waals surface area contributed by atoms with Crippen LogP contribution in [0.15, 0.2) is 53.9 Å². The Kier molecular flexibility index (Phi) is 4.66. The van der Waals surface area contributed by atoms with Gasteiger partial charge in [0.25, 0.3) is 5.91 Å². The SMILES string of the molecule is CC(C)(O)c1ccc(-c2cc(C(N)=O)c(Nc3ccc4sccc4n3)s2)cc1. The van der Waals surface area contributed by atoms with Gasteiger partial charge in [-0.25, -0.2) is 4.98 Å². The first-order chi connectivity index (χ1) is 13.3. The van der Waals surface area contributed by atoms with Gasteiger partial charge in [-0.2, -0.15) is 0 Å². The summed E-state index contributed by atoms with van der Waals surface area (Å²) < 4.78 is 1.11. The predicted molar refractivity (Wildman–Crippen MR) is 116 cm³/mol. The number of pyridine rings is 1. The van der Waals surface area contributed by atoms with Crippen LogP contribution >= 0.6 is 22.7 Å². The summed E-state index contributed by atoms with van der Waals surface area (Å²) in [4.78, 5) is 17.4. The molecule has 0 saturated carbocycles. The van der Waals surface area contributed by atoms with E-state index in [1.807, 2.05) is 47.8 Å². The van der Waals surface area contributed by atoms with E-state index in [0.29, 0.717) is 16.4 Å². The Labute approximate surface area is 170 Å². The molecule has 3 aromatic heterocycles. The van der Waals surface area contributed by atoms with Crippen LogP contribution in [-0.4, -0.2) is 16.0 Å². The van der Waals surface area contributed by atoms with E-state index in [9.17, 15) is 9.90 Å². The van der Waals surface area contributed by atoms with Gasteiger partial charge in [-0.1, -0.05) is 24.3 Å². The van der Waals surface area contributed by atoms with Crippen molar-refractivity contribution in [1.29, 1.82) is 0 Å². The lowest BCUT2D eigenvalue weighted by atomic mass is 9.97. The number of hydrogen-bond acceptors (Lipinski definition) is 6. The van der Waals surface area contributed by atoms with E-state index in [2.05, 4.69) is 10.3 Å². The van der Waals surface area contributed by atoms with Crippen molar-refractivity contribution in [3.8, 4) is 10.4 Å². The molecular formula is C21H19N3O2S2. The number of carbonyl (C=O) groups is 1. The molecule has 0 fully saturated rings. The molecule has 5 nitrogen and oxygen atoms in total. The molecule has 4 rings (SSSR count). The Morgan fingerprint density at radius 1 is 1.14 bits per heavy atom. The Bertz CT molecular complexity index is 1150. The van der Waals surface area contributed by atoms with E-state index in [1.165, 1.54) is 11.3 Å². The number of carbonyl (C=O) groups excluding carboxylic acids is 1. The molecule has 0 saturated heterocycles. The van der Waals surface area contributed by atoms with Crippen LogP contribution in [0, 0.1) is 0 Å². The van der Waals surface area contributed by atoms with Gasteiger partial charge in [-0.3, -0.25) is 4.79 Å². The Hall–Kier alpha value is -2.74. The first kappa shape index (κ1) is 18.6. The second kappa shape index (κ2) is 7.01. The van der Waals surface area contributed by atoms with Crippen LogP contribution in [0.3, 0.4) is 0 Å². The zero-order valence-electron chi connectivity index (χ0n) is 15.4. The average Bonchev–Trinajstić information content (AvgIpc) is 3.27. The number of primary amides is 1. The minimum atomic E-state index is -0.898. The third-order valence-electron chi connectivity index (χ3n) is 4.42. The fourth-order valence-electron chi connectivity index (χ4n) is 2.89. The number of thiophene rings is 2. The number of rotatable bonds is 5. The van der Waals surface area contributed by atoms with Gasteiger partial charge in [0.2, 0.25) is 0 Å². The summed E-state index contributed by atoms with van der Waals surface area (Å²) in [6, 6.07) is 15.3. The highest BCUT2D eigenvalue weighted by molar-refractivity contribution is 7.20. The summed E-state index contributed by atoms with van der Waals surface area (Å²) in [5, 5.41) is 16.0. The standard InChI is InChI=1S/C21H19N3O2S2/c1-21(2,26)13-5-3-12(4-6-13)17-11-14(19(22)25)20(28-17)24-18-8-7-16-15(23-18)9-10-27-16/h3-11,26H,1-2H3,(H2,22,25)(H,23,24). The van der Waals surface area contributed by atoms with Crippen molar-refractivity contribution in [2.75, 3.05) is 5.32 Å². The molecule has 28 heavy (non-hydrogen) atoms. The number of nitrogens with two attached hydrogens (primary N) is 1. The lowest BCUT2D eigenvalue weighted by Crippen LogP contribution is -2.14. The van der Waals surface area contributed by atoms with Crippen LogP contribution in [0.5, 0.6) is 0 Å². The number of aromatic nitrogens is 1. The molecule has 0 bridgehead atoms. The molecule has 1 amide bonds. The average molecular weight is 410 g/mol. The fraction of sp³-hybridized carbons (Fsp3) is 0.143. The van der Waals surface area contributed by atoms with Gasteiger partial charge >= 0.3 is 0 Å².